The van der Waals surface area contributed by atoms with Gasteiger partial charge < -0.3 is 9.47 Å². The van der Waals surface area contributed by atoms with Gasteiger partial charge in [-0.2, -0.15) is 0 Å². The number of hydrogen-bond acceptors (Lipinski definition) is 5. The Hall–Kier alpha value is -2.42. The Morgan fingerprint density at radius 2 is 1.81 bits per heavy atom. The summed E-state index contributed by atoms with van der Waals surface area (Å²) < 4.78 is 3.89. The lowest BCUT2D eigenvalue weighted by Gasteiger charge is -2.35. The van der Waals surface area contributed by atoms with E-state index in [-0.39, 0.29) is 12.5 Å². The molecule has 3 heterocycles. The topological polar surface area (TPSA) is 85.4 Å². The zero-order chi connectivity index (χ0) is 19.0. The minimum atomic E-state index is -0.520. The molecule has 0 radical (unpaired) electrons. The third kappa shape index (κ3) is 3.31. The summed E-state index contributed by atoms with van der Waals surface area (Å²) in [6.07, 6.45) is 1.49. The predicted octanol–water partition coefficient (Wildman–Crippen LogP) is -0.766. The van der Waals surface area contributed by atoms with Crippen LogP contribution in [0, 0.1) is 5.92 Å². The normalized spacial score (nSPS) is 16.0. The van der Waals surface area contributed by atoms with Crippen molar-refractivity contribution in [2.24, 2.45) is 20.0 Å². The highest BCUT2D eigenvalue weighted by molar-refractivity contribution is 5.77. The van der Waals surface area contributed by atoms with Crippen molar-refractivity contribution < 1.29 is 4.79 Å². The Labute approximate surface area is 151 Å². The van der Waals surface area contributed by atoms with Crippen LogP contribution in [0.15, 0.2) is 15.9 Å². The van der Waals surface area contributed by atoms with Crippen molar-refractivity contribution in [3.8, 4) is 0 Å². The number of aryl methyl sites for hydroxylation is 2. The van der Waals surface area contributed by atoms with Crippen LogP contribution in [0.5, 0.6) is 0 Å². The third-order valence-electron chi connectivity index (χ3n) is 4.84. The second kappa shape index (κ2) is 7.06. The predicted molar refractivity (Wildman–Crippen MR) is 98.1 cm³/mol. The molecule has 142 valence electrons. The van der Waals surface area contributed by atoms with Crippen LogP contribution >= 0.6 is 0 Å². The molecule has 9 heteroatoms. The van der Waals surface area contributed by atoms with Gasteiger partial charge in [0.25, 0.3) is 5.56 Å². The Kier molecular flexibility index (Phi) is 4.99. The first-order valence-corrected chi connectivity index (χ1v) is 8.90. The van der Waals surface area contributed by atoms with Crippen molar-refractivity contribution in [3.63, 3.8) is 0 Å². The molecule has 2 aromatic rings. The number of fused-ring (bicyclic) bond motifs is 1. The van der Waals surface area contributed by atoms with Gasteiger partial charge in [0.05, 0.1) is 6.33 Å². The average molecular weight is 362 g/mol. The van der Waals surface area contributed by atoms with Gasteiger partial charge in [0.2, 0.25) is 5.91 Å². The molecule has 3 rings (SSSR count). The van der Waals surface area contributed by atoms with Crippen LogP contribution < -0.4 is 11.2 Å². The highest BCUT2D eigenvalue weighted by atomic mass is 16.2. The van der Waals surface area contributed by atoms with E-state index in [0.717, 1.165) is 24.2 Å². The molecule has 26 heavy (non-hydrogen) atoms. The molecule has 9 nitrogen and oxygen atoms in total. The van der Waals surface area contributed by atoms with Crippen LogP contribution in [0.25, 0.3) is 11.2 Å². The molecule has 1 fully saturated rings. The van der Waals surface area contributed by atoms with E-state index in [1.165, 1.54) is 10.9 Å². The number of rotatable bonds is 4. The standard InChI is InChI=1S/C17H26N6O3/c1-12(2)9-21-5-7-22(8-6-21)13(24)10-23-16(25)14-15(18-11-19(14)3)20(4)17(23)26/h11-12H,5-10H2,1-4H3. The molecule has 0 aliphatic carbocycles. The van der Waals surface area contributed by atoms with Crippen LogP contribution in [-0.4, -0.2) is 67.1 Å². The fraction of sp³-hybridized carbons (Fsp3) is 0.647. The van der Waals surface area contributed by atoms with Crippen molar-refractivity contribution in [1.29, 1.82) is 0 Å². The van der Waals surface area contributed by atoms with E-state index in [1.807, 2.05) is 0 Å². The van der Waals surface area contributed by atoms with Crippen molar-refractivity contribution >= 4 is 17.1 Å². The maximum atomic E-state index is 12.7. The summed E-state index contributed by atoms with van der Waals surface area (Å²) in [4.78, 5) is 46.0. The fourth-order valence-corrected chi connectivity index (χ4v) is 3.47. The lowest BCUT2D eigenvalue weighted by atomic mass is 10.2. The second-order valence-corrected chi connectivity index (χ2v) is 7.34. The van der Waals surface area contributed by atoms with E-state index in [0.29, 0.717) is 30.2 Å². The van der Waals surface area contributed by atoms with Gasteiger partial charge in [-0.3, -0.25) is 19.1 Å². The van der Waals surface area contributed by atoms with Crippen LogP contribution in [0.4, 0.5) is 0 Å². The van der Waals surface area contributed by atoms with E-state index in [2.05, 4.69) is 23.7 Å². The molecule has 0 aromatic carbocycles. The molecule has 0 N–H and O–H groups in total. The molecule has 2 aromatic heterocycles. The number of imidazole rings is 1. The van der Waals surface area contributed by atoms with Gasteiger partial charge in [-0.25, -0.2) is 14.3 Å². The molecule has 0 atom stereocenters. The van der Waals surface area contributed by atoms with Gasteiger partial charge in [-0.05, 0) is 5.92 Å². The summed E-state index contributed by atoms with van der Waals surface area (Å²) in [5.41, 5.74) is -0.349. The largest absolute Gasteiger partial charge is 0.339 e. The van der Waals surface area contributed by atoms with Gasteiger partial charge in [0, 0.05) is 46.8 Å². The molecular formula is C17H26N6O3. The smallest absolute Gasteiger partial charge is 0.332 e. The third-order valence-corrected chi connectivity index (χ3v) is 4.84. The summed E-state index contributed by atoms with van der Waals surface area (Å²) in [5, 5.41) is 0. The number of carbonyl (C=O) groups excluding carboxylic acids is 1. The molecule has 1 saturated heterocycles. The van der Waals surface area contributed by atoms with Gasteiger partial charge in [-0.15, -0.1) is 0 Å². The first-order valence-electron chi connectivity index (χ1n) is 8.90. The molecule has 0 bridgehead atoms. The number of hydrogen-bond donors (Lipinski definition) is 0. The Balaban J connectivity index is 1.79. The minimum absolute atomic E-state index is 0.199. The maximum Gasteiger partial charge on any atom is 0.332 e. The van der Waals surface area contributed by atoms with Gasteiger partial charge in [-0.1, -0.05) is 13.8 Å². The van der Waals surface area contributed by atoms with E-state index < -0.39 is 11.2 Å². The average Bonchev–Trinajstić information content (AvgIpc) is 2.98. The maximum absolute atomic E-state index is 12.7. The van der Waals surface area contributed by atoms with Crippen molar-refractivity contribution in [2.45, 2.75) is 20.4 Å². The van der Waals surface area contributed by atoms with Crippen molar-refractivity contribution in [3.05, 3.63) is 27.2 Å². The molecule has 0 unspecified atom stereocenters. The lowest BCUT2D eigenvalue weighted by molar-refractivity contribution is -0.133. The molecule has 1 aliphatic rings. The van der Waals surface area contributed by atoms with Crippen LogP contribution in [0.1, 0.15) is 13.8 Å². The SMILES string of the molecule is CC(C)CN1CCN(C(=O)Cn2c(=O)c3c(ncn3C)n(C)c2=O)CC1. The van der Waals surface area contributed by atoms with Crippen LogP contribution in [-0.2, 0) is 25.4 Å². The van der Waals surface area contributed by atoms with Gasteiger partial charge in [0.15, 0.2) is 11.2 Å². The van der Waals surface area contributed by atoms with E-state index >= 15 is 0 Å². The van der Waals surface area contributed by atoms with Gasteiger partial charge in [0.1, 0.15) is 6.54 Å². The lowest BCUT2D eigenvalue weighted by Crippen LogP contribution is -2.52. The summed E-state index contributed by atoms with van der Waals surface area (Å²) in [6, 6.07) is 0. The molecular weight excluding hydrogens is 336 g/mol. The van der Waals surface area contributed by atoms with E-state index in [9.17, 15) is 14.4 Å². The zero-order valence-corrected chi connectivity index (χ0v) is 15.8. The van der Waals surface area contributed by atoms with Crippen LogP contribution in [0.2, 0.25) is 0 Å². The van der Waals surface area contributed by atoms with Crippen molar-refractivity contribution in [2.75, 3.05) is 32.7 Å². The first-order chi connectivity index (χ1) is 12.3. The summed E-state index contributed by atoms with van der Waals surface area (Å²) in [5.74, 6) is 0.388. The fourth-order valence-electron chi connectivity index (χ4n) is 3.47. The number of amides is 1. The molecule has 0 saturated carbocycles. The quantitative estimate of drug-likeness (QED) is 0.713. The summed E-state index contributed by atoms with van der Waals surface area (Å²) in [6.45, 7) is 8.00. The van der Waals surface area contributed by atoms with Crippen molar-refractivity contribution in [1.82, 2.24) is 28.5 Å². The molecule has 1 amide bonds. The highest BCUT2D eigenvalue weighted by Gasteiger charge is 2.23. The first kappa shape index (κ1) is 18.4. The summed E-state index contributed by atoms with van der Waals surface area (Å²) in [7, 11) is 3.25. The molecule has 1 aliphatic heterocycles. The Bertz CT molecular complexity index is 930. The number of nitrogens with zero attached hydrogens (tertiary/aromatic N) is 6. The van der Waals surface area contributed by atoms with E-state index in [4.69, 9.17) is 0 Å². The minimum Gasteiger partial charge on any atom is -0.339 e. The molecule has 0 spiro atoms. The number of aromatic nitrogens is 4. The van der Waals surface area contributed by atoms with E-state index in [1.54, 1.807) is 23.6 Å². The Morgan fingerprint density at radius 1 is 1.15 bits per heavy atom. The van der Waals surface area contributed by atoms with Gasteiger partial charge >= 0.3 is 5.69 Å². The highest BCUT2D eigenvalue weighted by Crippen LogP contribution is 2.07. The summed E-state index contributed by atoms with van der Waals surface area (Å²) >= 11 is 0. The second-order valence-electron chi connectivity index (χ2n) is 7.34. The Morgan fingerprint density at radius 3 is 2.42 bits per heavy atom. The number of carbonyl (C=O) groups is 1. The monoisotopic (exact) mass is 362 g/mol. The van der Waals surface area contributed by atoms with Crippen LogP contribution in [0.3, 0.4) is 0 Å². The number of piperazine rings is 1. The zero-order valence-electron chi connectivity index (χ0n) is 15.8.